The molecule has 1 heterocycles. The van der Waals surface area contributed by atoms with E-state index in [1.165, 1.54) is 0 Å². The first-order valence-electron chi connectivity index (χ1n) is 5.81. The number of aromatic nitrogens is 1. The summed E-state index contributed by atoms with van der Waals surface area (Å²) in [6, 6.07) is 9.09. The predicted octanol–water partition coefficient (Wildman–Crippen LogP) is 3.02. The molecule has 0 unspecified atom stereocenters. The zero-order chi connectivity index (χ0) is 12.8. The average Bonchev–Trinajstić information content (AvgIpc) is 2.84. The number of benzene rings is 1. The van der Waals surface area contributed by atoms with Crippen molar-refractivity contribution in [3.8, 4) is 5.75 Å². The lowest BCUT2D eigenvalue weighted by Gasteiger charge is -2.02. The highest BCUT2D eigenvalue weighted by Crippen LogP contribution is 2.17. The summed E-state index contributed by atoms with van der Waals surface area (Å²) < 4.78 is 10.7. The lowest BCUT2D eigenvalue weighted by atomic mass is 10.3. The maximum absolute atomic E-state index is 5.79. The highest BCUT2D eigenvalue weighted by molar-refractivity contribution is 6.30. The van der Waals surface area contributed by atoms with Crippen LogP contribution in [0.15, 0.2) is 34.9 Å². The van der Waals surface area contributed by atoms with E-state index in [1.807, 2.05) is 25.1 Å². The van der Waals surface area contributed by atoms with E-state index in [2.05, 4.69) is 10.5 Å². The fourth-order valence-electron chi connectivity index (χ4n) is 1.45. The van der Waals surface area contributed by atoms with Gasteiger partial charge in [-0.1, -0.05) is 23.7 Å². The number of nitrogens with zero attached hydrogens (tertiary/aromatic N) is 1. The molecule has 1 aromatic heterocycles. The van der Waals surface area contributed by atoms with Gasteiger partial charge in [-0.05, 0) is 30.8 Å². The van der Waals surface area contributed by atoms with Crippen LogP contribution in [0.2, 0.25) is 5.02 Å². The monoisotopic (exact) mass is 266 g/mol. The zero-order valence-electron chi connectivity index (χ0n) is 10.1. The summed E-state index contributed by atoms with van der Waals surface area (Å²) in [5.74, 6) is 1.46. The Hall–Kier alpha value is -1.52. The van der Waals surface area contributed by atoms with Gasteiger partial charge in [0.2, 0.25) is 0 Å². The number of halogens is 1. The predicted molar refractivity (Wildman–Crippen MR) is 69.7 cm³/mol. The first-order valence-corrected chi connectivity index (χ1v) is 6.19. The minimum atomic E-state index is 0.362. The van der Waals surface area contributed by atoms with E-state index in [1.54, 1.807) is 12.1 Å². The summed E-state index contributed by atoms with van der Waals surface area (Å²) in [5, 5.41) is 7.81. The minimum Gasteiger partial charge on any atom is -0.486 e. The van der Waals surface area contributed by atoms with Crippen LogP contribution in [0.1, 0.15) is 18.4 Å². The Morgan fingerprint density at radius 1 is 1.33 bits per heavy atom. The van der Waals surface area contributed by atoms with Crippen LogP contribution in [-0.4, -0.2) is 11.7 Å². The van der Waals surface area contributed by atoms with Gasteiger partial charge in [0.25, 0.3) is 0 Å². The molecule has 1 aromatic carbocycles. The molecule has 5 heteroatoms. The highest BCUT2D eigenvalue weighted by atomic mass is 35.5. The first kappa shape index (κ1) is 12.9. The van der Waals surface area contributed by atoms with Crippen LogP contribution < -0.4 is 10.1 Å². The topological polar surface area (TPSA) is 47.3 Å². The zero-order valence-corrected chi connectivity index (χ0v) is 10.9. The Labute approximate surface area is 111 Å². The summed E-state index contributed by atoms with van der Waals surface area (Å²) in [6.07, 6.45) is 0. The molecule has 4 nitrogen and oxygen atoms in total. The van der Waals surface area contributed by atoms with E-state index < -0.39 is 0 Å². The van der Waals surface area contributed by atoms with Gasteiger partial charge in [0.1, 0.15) is 12.4 Å². The molecule has 1 N–H and O–H groups in total. The van der Waals surface area contributed by atoms with E-state index in [4.69, 9.17) is 20.9 Å². The Morgan fingerprint density at radius 3 is 2.83 bits per heavy atom. The molecule has 0 aliphatic carbocycles. The molecule has 0 aliphatic heterocycles. The third-order valence-corrected chi connectivity index (χ3v) is 2.61. The fraction of sp³-hybridized carbons (Fsp3) is 0.308. The number of ether oxygens (including phenoxy) is 1. The van der Waals surface area contributed by atoms with Crippen molar-refractivity contribution in [2.45, 2.75) is 20.1 Å². The van der Waals surface area contributed by atoms with Crippen molar-refractivity contribution in [2.24, 2.45) is 0 Å². The number of hydrogen-bond donors (Lipinski definition) is 1. The molecular weight excluding hydrogens is 252 g/mol. The molecule has 0 spiro atoms. The minimum absolute atomic E-state index is 0.362. The maximum atomic E-state index is 5.79. The van der Waals surface area contributed by atoms with Gasteiger partial charge in [0.15, 0.2) is 5.76 Å². The van der Waals surface area contributed by atoms with Crippen molar-refractivity contribution in [3.63, 3.8) is 0 Å². The Kier molecular flexibility index (Phi) is 4.61. The normalized spacial score (nSPS) is 10.6. The molecular formula is C13H15ClN2O2. The molecule has 0 atom stereocenters. The van der Waals surface area contributed by atoms with Gasteiger partial charge in [-0.2, -0.15) is 0 Å². The van der Waals surface area contributed by atoms with E-state index in [0.717, 1.165) is 18.0 Å². The lowest BCUT2D eigenvalue weighted by Crippen LogP contribution is -2.11. The van der Waals surface area contributed by atoms with Crippen molar-refractivity contribution in [1.82, 2.24) is 10.5 Å². The second-order valence-corrected chi connectivity index (χ2v) is 4.24. The van der Waals surface area contributed by atoms with Gasteiger partial charge in [0, 0.05) is 17.6 Å². The van der Waals surface area contributed by atoms with Crippen molar-refractivity contribution < 1.29 is 9.26 Å². The second kappa shape index (κ2) is 6.42. The average molecular weight is 267 g/mol. The van der Waals surface area contributed by atoms with Gasteiger partial charge in [0.05, 0.1) is 5.69 Å². The molecule has 2 aromatic rings. The van der Waals surface area contributed by atoms with E-state index in [0.29, 0.717) is 23.9 Å². The third-order valence-electron chi connectivity index (χ3n) is 2.36. The van der Waals surface area contributed by atoms with Crippen LogP contribution in [0.5, 0.6) is 5.75 Å². The number of rotatable bonds is 6. The van der Waals surface area contributed by atoms with Gasteiger partial charge in [-0.3, -0.25) is 0 Å². The van der Waals surface area contributed by atoms with Crippen LogP contribution in [-0.2, 0) is 13.2 Å². The summed E-state index contributed by atoms with van der Waals surface area (Å²) in [4.78, 5) is 0. The Bertz CT molecular complexity index is 482. The van der Waals surface area contributed by atoms with E-state index >= 15 is 0 Å². The van der Waals surface area contributed by atoms with Crippen molar-refractivity contribution in [2.75, 3.05) is 6.54 Å². The van der Waals surface area contributed by atoms with Gasteiger partial charge in [-0.25, -0.2) is 0 Å². The van der Waals surface area contributed by atoms with Crippen LogP contribution >= 0.6 is 11.6 Å². The molecule has 2 rings (SSSR count). The summed E-state index contributed by atoms with van der Waals surface area (Å²) >= 11 is 5.79. The van der Waals surface area contributed by atoms with Crippen LogP contribution in [0.25, 0.3) is 0 Å². The number of hydrogen-bond acceptors (Lipinski definition) is 4. The Morgan fingerprint density at radius 2 is 2.11 bits per heavy atom. The molecule has 96 valence electrons. The molecule has 0 amide bonds. The van der Waals surface area contributed by atoms with Crippen molar-refractivity contribution in [3.05, 3.63) is 46.8 Å². The van der Waals surface area contributed by atoms with Gasteiger partial charge in [-0.15, -0.1) is 0 Å². The molecule has 0 aliphatic rings. The SMILES string of the molecule is CCNCc1cc(COc2ccc(Cl)cc2)on1. The summed E-state index contributed by atoms with van der Waals surface area (Å²) in [6.45, 7) is 4.02. The van der Waals surface area contributed by atoms with Crippen LogP contribution in [0.3, 0.4) is 0 Å². The molecule has 0 radical (unpaired) electrons. The summed E-state index contributed by atoms with van der Waals surface area (Å²) in [7, 11) is 0. The van der Waals surface area contributed by atoms with Gasteiger partial charge < -0.3 is 14.6 Å². The molecule has 0 saturated heterocycles. The maximum Gasteiger partial charge on any atom is 0.174 e. The van der Waals surface area contributed by atoms with Crippen molar-refractivity contribution >= 4 is 11.6 Å². The standard InChI is InChI=1S/C13H15ClN2O2/c1-2-15-8-11-7-13(18-16-11)9-17-12-5-3-10(14)4-6-12/h3-7,15H,2,8-9H2,1H3. The molecule has 0 saturated carbocycles. The second-order valence-electron chi connectivity index (χ2n) is 3.81. The molecule has 18 heavy (non-hydrogen) atoms. The third kappa shape index (κ3) is 3.75. The van der Waals surface area contributed by atoms with Crippen LogP contribution in [0.4, 0.5) is 0 Å². The van der Waals surface area contributed by atoms with E-state index in [9.17, 15) is 0 Å². The van der Waals surface area contributed by atoms with Crippen LogP contribution in [0, 0.1) is 0 Å². The fourth-order valence-corrected chi connectivity index (χ4v) is 1.57. The quantitative estimate of drug-likeness (QED) is 0.873. The molecule has 0 bridgehead atoms. The highest BCUT2D eigenvalue weighted by Gasteiger charge is 2.04. The largest absolute Gasteiger partial charge is 0.486 e. The smallest absolute Gasteiger partial charge is 0.174 e. The van der Waals surface area contributed by atoms with Crippen molar-refractivity contribution in [1.29, 1.82) is 0 Å². The first-order chi connectivity index (χ1) is 8.78. The Balaban J connectivity index is 1.86. The molecule has 0 fully saturated rings. The van der Waals surface area contributed by atoms with Gasteiger partial charge >= 0.3 is 0 Å². The van der Waals surface area contributed by atoms with E-state index in [-0.39, 0.29) is 0 Å². The number of nitrogens with one attached hydrogen (secondary N) is 1. The lowest BCUT2D eigenvalue weighted by molar-refractivity contribution is 0.248. The summed E-state index contributed by atoms with van der Waals surface area (Å²) in [5.41, 5.74) is 0.881.